The summed E-state index contributed by atoms with van der Waals surface area (Å²) < 4.78 is 53.5. The smallest absolute Gasteiger partial charge is 0.368 e. The fourth-order valence-electron chi connectivity index (χ4n) is 3.76. The molecule has 3 rings (SSSR count). The van der Waals surface area contributed by atoms with Gasteiger partial charge < -0.3 is 32.7 Å². The van der Waals surface area contributed by atoms with Crippen molar-refractivity contribution in [3.05, 3.63) is 47.3 Å². The van der Waals surface area contributed by atoms with Gasteiger partial charge in [0.1, 0.15) is 23.6 Å². The van der Waals surface area contributed by atoms with Gasteiger partial charge in [0, 0.05) is 0 Å². The van der Waals surface area contributed by atoms with Crippen LogP contribution in [0.25, 0.3) is 0 Å². The Morgan fingerprint density at radius 1 is 1.03 bits per heavy atom. The first-order valence-corrected chi connectivity index (χ1v) is 12.7. The minimum atomic E-state index is -3.95. The molecule has 2 aliphatic heterocycles. The Kier molecular flexibility index (Phi) is 8.86. The Morgan fingerprint density at radius 3 is 2.27 bits per heavy atom. The Hall–Kier alpha value is -1.58. The van der Waals surface area contributed by atoms with Gasteiger partial charge in [-0.05, 0) is 46.3 Å². The number of hydrogen-bond donors (Lipinski definition) is 0. The number of rotatable bonds is 11. The zero-order valence-corrected chi connectivity index (χ0v) is 20.6. The van der Waals surface area contributed by atoms with Crippen LogP contribution in [0, 0.1) is 0 Å². The van der Waals surface area contributed by atoms with Crippen LogP contribution >= 0.6 is 7.60 Å². The van der Waals surface area contributed by atoms with Crippen LogP contribution in [0.5, 0.6) is 0 Å². The number of carbonyl (C=O) groups is 1. The van der Waals surface area contributed by atoms with Gasteiger partial charge in [0.2, 0.25) is 0 Å². The van der Waals surface area contributed by atoms with E-state index in [9.17, 15) is 9.36 Å². The molecular formula is C23H33O9P. The van der Waals surface area contributed by atoms with Gasteiger partial charge in [-0.3, -0.25) is 4.57 Å². The van der Waals surface area contributed by atoms with E-state index in [4.69, 9.17) is 32.7 Å². The summed E-state index contributed by atoms with van der Waals surface area (Å²) in [5.41, 5.74) is 0.972. The molecule has 0 unspecified atom stereocenters. The first kappa shape index (κ1) is 26.0. The van der Waals surface area contributed by atoms with Crippen LogP contribution in [0.15, 0.2) is 41.7 Å². The Bertz CT molecular complexity index is 860. The molecule has 2 fully saturated rings. The van der Waals surface area contributed by atoms with E-state index in [0.29, 0.717) is 6.61 Å². The van der Waals surface area contributed by atoms with Gasteiger partial charge in [-0.2, -0.15) is 0 Å². The molecule has 2 saturated heterocycles. The monoisotopic (exact) mass is 486 g/mol. The molecule has 1 aromatic rings. The largest absolute Gasteiger partial charge is 0.462 e. The van der Waals surface area contributed by atoms with E-state index in [1.54, 1.807) is 34.6 Å². The summed E-state index contributed by atoms with van der Waals surface area (Å²) in [7, 11) is -3.95. The maximum atomic E-state index is 13.5. The van der Waals surface area contributed by atoms with Crippen LogP contribution in [0.2, 0.25) is 0 Å². The minimum Gasteiger partial charge on any atom is -0.462 e. The highest BCUT2D eigenvalue weighted by Crippen LogP contribution is 2.57. The molecule has 2 heterocycles. The predicted octanol–water partition coefficient (Wildman–Crippen LogP) is 4.16. The lowest BCUT2D eigenvalue weighted by molar-refractivity contribution is -0.231. The summed E-state index contributed by atoms with van der Waals surface area (Å²) in [6, 6.07) is 9.66. The average Bonchev–Trinajstić information content (AvgIpc) is 3.24. The van der Waals surface area contributed by atoms with E-state index in [0.717, 1.165) is 5.56 Å². The maximum absolute atomic E-state index is 13.5. The number of fused-ring (bicyclic) bond motifs is 1. The molecule has 0 radical (unpaired) electrons. The van der Waals surface area contributed by atoms with Crippen molar-refractivity contribution >= 4 is 13.6 Å². The second-order valence-electron chi connectivity index (χ2n) is 7.94. The summed E-state index contributed by atoms with van der Waals surface area (Å²) in [5, 5.41) is -0.228. The second kappa shape index (κ2) is 11.2. The average molecular weight is 486 g/mol. The molecule has 0 aliphatic carbocycles. The van der Waals surface area contributed by atoms with Gasteiger partial charge in [0.05, 0.1) is 26.4 Å². The Labute approximate surface area is 194 Å². The molecule has 0 saturated carbocycles. The van der Waals surface area contributed by atoms with E-state index in [1.165, 1.54) is 6.08 Å². The number of ether oxygens (including phenoxy) is 5. The van der Waals surface area contributed by atoms with E-state index >= 15 is 0 Å². The highest BCUT2D eigenvalue weighted by Gasteiger charge is 2.56. The third kappa shape index (κ3) is 6.31. The van der Waals surface area contributed by atoms with Crippen molar-refractivity contribution in [2.45, 2.75) is 71.6 Å². The topological polar surface area (TPSA) is 98.8 Å². The molecule has 0 bridgehead atoms. The molecule has 0 N–H and O–H groups in total. The molecule has 9 nitrogen and oxygen atoms in total. The van der Waals surface area contributed by atoms with Crippen molar-refractivity contribution in [3.8, 4) is 0 Å². The number of carbonyl (C=O) groups excluding carboxylic acids is 1. The fraction of sp³-hybridized carbons (Fsp3) is 0.609. The second-order valence-corrected chi connectivity index (χ2v) is 9.93. The molecule has 0 spiro atoms. The maximum Gasteiger partial charge on any atom is 0.368 e. The first-order chi connectivity index (χ1) is 15.7. The van der Waals surface area contributed by atoms with E-state index < -0.39 is 44.0 Å². The molecule has 0 amide bonds. The molecule has 184 valence electrons. The molecule has 4 atom stereocenters. The van der Waals surface area contributed by atoms with Crippen LogP contribution in [-0.4, -0.2) is 56.2 Å². The van der Waals surface area contributed by atoms with Crippen LogP contribution in [0.1, 0.15) is 40.2 Å². The van der Waals surface area contributed by atoms with E-state index in [1.807, 2.05) is 30.3 Å². The van der Waals surface area contributed by atoms with Crippen LogP contribution in [-0.2, 0) is 48.7 Å². The lowest BCUT2D eigenvalue weighted by Gasteiger charge is -2.24. The van der Waals surface area contributed by atoms with Crippen LogP contribution < -0.4 is 0 Å². The van der Waals surface area contributed by atoms with Crippen molar-refractivity contribution in [1.82, 2.24) is 0 Å². The quantitative estimate of drug-likeness (QED) is 0.198. The van der Waals surface area contributed by atoms with Crippen molar-refractivity contribution in [1.29, 1.82) is 0 Å². The van der Waals surface area contributed by atoms with E-state index in [-0.39, 0.29) is 25.1 Å². The van der Waals surface area contributed by atoms with E-state index in [2.05, 4.69) is 0 Å². The highest BCUT2D eigenvalue weighted by molar-refractivity contribution is 7.59. The lowest BCUT2D eigenvalue weighted by Crippen LogP contribution is -2.31. The zero-order valence-electron chi connectivity index (χ0n) is 19.7. The molecule has 1 aromatic carbocycles. The van der Waals surface area contributed by atoms with Gasteiger partial charge >= 0.3 is 13.6 Å². The van der Waals surface area contributed by atoms with Gasteiger partial charge in [-0.1, -0.05) is 30.3 Å². The number of hydrogen-bond acceptors (Lipinski definition) is 9. The number of esters is 1. The third-order valence-electron chi connectivity index (χ3n) is 5.00. The van der Waals surface area contributed by atoms with Crippen molar-refractivity contribution < 1.29 is 42.1 Å². The van der Waals surface area contributed by atoms with Crippen molar-refractivity contribution in [2.75, 3.05) is 19.8 Å². The fourth-order valence-corrected chi connectivity index (χ4v) is 5.41. The normalized spacial score (nSPS) is 26.9. The summed E-state index contributed by atoms with van der Waals surface area (Å²) in [4.78, 5) is 12.8. The van der Waals surface area contributed by atoms with Gasteiger partial charge in [0.25, 0.3) is 0 Å². The Morgan fingerprint density at radius 2 is 1.67 bits per heavy atom. The van der Waals surface area contributed by atoms with Crippen LogP contribution in [0.4, 0.5) is 0 Å². The highest BCUT2D eigenvalue weighted by atomic mass is 31.2. The Balaban J connectivity index is 1.89. The summed E-state index contributed by atoms with van der Waals surface area (Å²) >= 11 is 0. The zero-order chi connectivity index (χ0) is 24.1. The molecule has 0 aromatic heterocycles. The number of benzene rings is 1. The summed E-state index contributed by atoms with van der Waals surface area (Å²) in [6.45, 7) is 9.14. The summed E-state index contributed by atoms with van der Waals surface area (Å²) in [6.07, 6.45) is -1.31. The van der Waals surface area contributed by atoms with Gasteiger partial charge in [0.15, 0.2) is 12.1 Å². The first-order valence-electron chi connectivity index (χ1n) is 11.2. The SMILES string of the molecule is CCO[13C](=O)/[13C](=C/[C@H]1O[C@H](OCc2ccccc2)[C@H]2OC(C)(C)O[C@H]21)P(=O)(OCC)OCC. The lowest BCUT2D eigenvalue weighted by atomic mass is 10.1. The molecular weight excluding hydrogens is 453 g/mol. The molecule has 10 heteroatoms. The van der Waals surface area contributed by atoms with Gasteiger partial charge in [-0.15, -0.1) is 0 Å². The molecule has 33 heavy (non-hydrogen) atoms. The minimum absolute atomic E-state index is 0.0844. The van der Waals surface area contributed by atoms with Crippen molar-refractivity contribution in [2.24, 2.45) is 0 Å². The standard InChI is InChI=1S/C23H33O9P/c1-6-26-21(24)18(33(25,28-7-2)29-8-3)14-17-19-20(32-23(4,5)31-19)22(30-17)27-15-16-12-10-9-11-13-16/h9-14,17,19-20,22H,6-8,15H2,1-5H3/b18-14-/t17-,19+,20+,22+/m1/s1/i18+1,21+1. The molecule has 2 aliphatic rings. The third-order valence-corrected chi connectivity index (χ3v) is 7.12. The predicted molar refractivity (Wildman–Crippen MR) is 119 cm³/mol. The van der Waals surface area contributed by atoms with Gasteiger partial charge in [-0.25, -0.2) is 4.79 Å². The van der Waals surface area contributed by atoms with Crippen molar-refractivity contribution in [3.63, 3.8) is 0 Å². The van der Waals surface area contributed by atoms with Crippen LogP contribution in [0.3, 0.4) is 0 Å². The summed E-state index contributed by atoms with van der Waals surface area (Å²) in [5.74, 6) is -1.68.